The van der Waals surface area contributed by atoms with Gasteiger partial charge in [-0.3, -0.25) is 14.4 Å². The van der Waals surface area contributed by atoms with Gasteiger partial charge in [-0.15, -0.1) is 0 Å². The molecule has 4 saturated heterocycles. The number of imidazole rings is 2. The quantitative estimate of drug-likeness (QED) is 0.0721. The predicted octanol–water partition coefficient (Wildman–Crippen LogP) is 9.07. The smallest absolute Gasteiger partial charge is 0.330 e. The molecule has 2 aromatic heterocycles. The number of aromatic nitrogens is 4. The van der Waals surface area contributed by atoms with Crippen LogP contribution in [-0.2, 0) is 35.1 Å². The Morgan fingerprint density at radius 1 is 0.732 bits per heavy atom. The van der Waals surface area contributed by atoms with E-state index in [9.17, 15) is 19.2 Å². The van der Waals surface area contributed by atoms with Crippen LogP contribution in [0.3, 0.4) is 0 Å². The molecule has 4 fully saturated rings. The van der Waals surface area contributed by atoms with E-state index in [0.717, 1.165) is 121 Å². The first-order valence-electron chi connectivity index (χ1n) is 25.7. The summed E-state index contributed by atoms with van der Waals surface area (Å²) >= 11 is 0. The van der Waals surface area contributed by atoms with Crippen LogP contribution >= 0.6 is 0 Å². The van der Waals surface area contributed by atoms with Gasteiger partial charge < -0.3 is 44.4 Å². The minimum atomic E-state index is -0.607. The number of aromatic amines is 2. The van der Waals surface area contributed by atoms with Crippen molar-refractivity contribution in [3.05, 3.63) is 95.3 Å². The highest BCUT2D eigenvalue weighted by atomic mass is 19.1. The van der Waals surface area contributed by atoms with Crippen LogP contribution in [-0.4, -0.2) is 110 Å². The van der Waals surface area contributed by atoms with Crippen LogP contribution in [0.1, 0.15) is 147 Å². The van der Waals surface area contributed by atoms with E-state index in [1.807, 2.05) is 64.6 Å². The summed E-state index contributed by atoms with van der Waals surface area (Å²) in [5.74, 6) is 0.241. The first kappa shape index (κ1) is 49.7. The highest BCUT2D eigenvalue weighted by Gasteiger charge is 2.37. The maximum Gasteiger partial charge on any atom is 0.330 e. The van der Waals surface area contributed by atoms with Crippen LogP contribution < -0.4 is 15.1 Å². The molecule has 9 rings (SSSR count). The van der Waals surface area contributed by atoms with E-state index < -0.39 is 17.2 Å². The Morgan fingerprint density at radius 3 is 2.06 bits per heavy atom. The Balaban J connectivity index is 0.932. The number of rotatable bonds is 14. The number of likely N-dealkylation sites (tertiary alicyclic amines) is 2. The molecule has 0 spiro atoms. The molecular formula is C55H70FN9O6. The number of H-pyrrole nitrogens is 2. The number of halogens is 1. The Labute approximate surface area is 415 Å². The van der Waals surface area contributed by atoms with Crippen LogP contribution in [0.4, 0.5) is 15.8 Å². The topological polar surface area (TPSA) is 169 Å². The van der Waals surface area contributed by atoms with Crippen molar-refractivity contribution >= 4 is 57.1 Å². The molecule has 378 valence electrons. The number of benzene rings is 3. The monoisotopic (exact) mass is 972 g/mol. The van der Waals surface area contributed by atoms with E-state index in [1.54, 1.807) is 17.0 Å². The number of nitrogens with one attached hydrogen (secondary N) is 3. The summed E-state index contributed by atoms with van der Waals surface area (Å²) in [6.07, 6.45) is 12.0. The number of nitrogens with zero attached hydrogens (tertiary/aromatic N) is 6. The molecule has 0 radical (unpaired) electrons. The maximum absolute atomic E-state index is 16.3. The first-order valence-corrected chi connectivity index (χ1v) is 25.7. The van der Waals surface area contributed by atoms with Gasteiger partial charge in [-0.25, -0.2) is 19.2 Å². The molecule has 5 aromatic rings. The van der Waals surface area contributed by atoms with Crippen LogP contribution in [0.15, 0.2) is 66.7 Å². The van der Waals surface area contributed by atoms with Gasteiger partial charge in [0.25, 0.3) is 0 Å². The van der Waals surface area contributed by atoms with Gasteiger partial charge >= 0.3 is 5.97 Å². The fourth-order valence-corrected chi connectivity index (χ4v) is 10.9. The number of esters is 1. The third-order valence-corrected chi connectivity index (χ3v) is 14.2. The van der Waals surface area contributed by atoms with Crippen molar-refractivity contribution in [3.8, 4) is 0 Å². The van der Waals surface area contributed by atoms with Crippen molar-refractivity contribution in [2.75, 3.05) is 49.1 Å². The second kappa shape index (κ2) is 20.8. The summed E-state index contributed by atoms with van der Waals surface area (Å²) < 4.78 is 27.3. The Bertz CT molecular complexity index is 2780. The van der Waals surface area contributed by atoms with Gasteiger partial charge in [0.1, 0.15) is 29.7 Å². The lowest BCUT2D eigenvalue weighted by atomic mass is 10.0. The van der Waals surface area contributed by atoms with E-state index >= 15 is 4.39 Å². The molecule has 0 saturated carbocycles. The molecule has 0 aliphatic carbocycles. The van der Waals surface area contributed by atoms with E-state index in [0.29, 0.717) is 18.8 Å². The second-order valence-corrected chi connectivity index (χ2v) is 21.7. The molecule has 15 nitrogen and oxygen atoms in total. The van der Waals surface area contributed by atoms with E-state index in [1.165, 1.54) is 12.5 Å². The highest BCUT2D eigenvalue weighted by Crippen LogP contribution is 2.44. The summed E-state index contributed by atoms with van der Waals surface area (Å²) in [7, 11) is 0. The molecule has 3 aromatic carbocycles. The zero-order valence-corrected chi connectivity index (χ0v) is 42.2. The van der Waals surface area contributed by atoms with Crippen molar-refractivity contribution in [1.82, 2.24) is 35.1 Å². The van der Waals surface area contributed by atoms with Crippen molar-refractivity contribution < 1.29 is 33.0 Å². The Kier molecular flexibility index (Phi) is 14.6. The van der Waals surface area contributed by atoms with Gasteiger partial charge in [-0.05, 0) is 159 Å². The Morgan fingerprint density at radius 2 is 1.39 bits per heavy atom. The number of anilines is 2. The zero-order valence-electron chi connectivity index (χ0n) is 42.2. The predicted molar refractivity (Wildman–Crippen MR) is 272 cm³/mol. The molecule has 4 atom stereocenters. The SMILES string of the molecule is CC(C)(C)OCC(=O)NCC(=O)N1CCC[C@H]1c1nc2ccc([C@@H]3CCC(Cc4ccc5nc([C@@H]6CCCN6C(=O)C/C=C/C(=O)OC(C)(C)C)[nH]c5c4)N3c3ccc(N4CCCCC4)c(F)c3)cc2[nH]1. The summed E-state index contributed by atoms with van der Waals surface area (Å²) in [4.78, 5) is 76.8. The average Bonchev–Trinajstić information content (AvgIpc) is 4.19. The number of ether oxygens (including phenoxy) is 2. The van der Waals surface area contributed by atoms with Crippen LogP contribution in [0.25, 0.3) is 22.1 Å². The second-order valence-electron chi connectivity index (χ2n) is 21.7. The number of hydrogen-bond acceptors (Lipinski definition) is 10. The molecular weight excluding hydrogens is 902 g/mol. The van der Waals surface area contributed by atoms with Gasteiger partial charge in [-0.2, -0.15) is 0 Å². The number of amides is 3. The minimum absolute atomic E-state index is 0.0424. The lowest BCUT2D eigenvalue weighted by Crippen LogP contribution is -2.41. The summed E-state index contributed by atoms with van der Waals surface area (Å²) in [5.41, 5.74) is 6.07. The molecule has 16 heteroatoms. The molecule has 3 amide bonds. The van der Waals surface area contributed by atoms with Gasteiger partial charge in [-0.1, -0.05) is 18.2 Å². The van der Waals surface area contributed by atoms with Gasteiger partial charge in [0, 0.05) is 50.4 Å². The minimum Gasteiger partial charge on any atom is -0.457 e. The third-order valence-electron chi connectivity index (χ3n) is 14.2. The lowest BCUT2D eigenvalue weighted by molar-refractivity contribution is -0.148. The van der Waals surface area contributed by atoms with Crippen molar-refractivity contribution in [2.24, 2.45) is 0 Å². The molecule has 4 aliphatic heterocycles. The average molecular weight is 972 g/mol. The van der Waals surface area contributed by atoms with E-state index in [2.05, 4.69) is 55.4 Å². The number of piperidine rings is 1. The third kappa shape index (κ3) is 11.7. The number of fused-ring (bicyclic) bond motifs is 2. The zero-order chi connectivity index (χ0) is 50.0. The standard InChI is InChI=1S/C55H70FN9O6/c1-54(2,3)70-34-48(66)57-33-50(68)64-28-12-14-47(64)53-59-41-22-18-36(31-43(41)61-53)44-23-19-37(65(44)38-20-24-45(39(56)32-38)62-25-8-7-9-26-62)29-35-17-21-40-42(30-35)60-52(58-40)46-13-11-27-63(46)49(67)15-10-16-51(69)71-55(4,5)6/h10,16-18,20-22,24,30-32,37,44,46-47H,7-9,11-15,19,23,25-29,33-34H2,1-6H3,(H,57,66)(H,58,60)(H,59,61)/b16-10+/t37?,44-,46-,47-/m0/s1. The van der Waals surface area contributed by atoms with E-state index in [-0.39, 0.29) is 67.3 Å². The van der Waals surface area contributed by atoms with Crippen LogP contribution in [0.5, 0.6) is 0 Å². The van der Waals surface area contributed by atoms with Crippen molar-refractivity contribution in [3.63, 3.8) is 0 Å². The van der Waals surface area contributed by atoms with Crippen molar-refractivity contribution in [2.45, 2.75) is 148 Å². The van der Waals surface area contributed by atoms with E-state index in [4.69, 9.17) is 19.4 Å². The van der Waals surface area contributed by atoms with Crippen LogP contribution in [0, 0.1) is 5.82 Å². The first-order chi connectivity index (χ1) is 34.0. The Hall–Kier alpha value is -6.29. The number of hydrogen-bond donors (Lipinski definition) is 3. The molecule has 3 N–H and O–H groups in total. The summed E-state index contributed by atoms with van der Waals surface area (Å²) in [6.45, 7) is 13.8. The normalized spacial score (nSPS) is 21.1. The summed E-state index contributed by atoms with van der Waals surface area (Å²) in [5, 5.41) is 2.72. The van der Waals surface area contributed by atoms with Crippen molar-refractivity contribution in [1.29, 1.82) is 0 Å². The molecule has 4 aliphatic rings. The van der Waals surface area contributed by atoms with Crippen LogP contribution in [0.2, 0.25) is 0 Å². The summed E-state index contributed by atoms with van der Waals surface area (Å²) in [6, 6.07) is 18.0. The fourth-order valence-electron chi connectivity index (χ4n) is 10.9. The fraction of sp³-hybridized carbons (Fsp3) is 0.527. The largest absolute Gasteiger partial charge is 0.457 e. The van der Waals surface area contributed by atoms with Gasteiger partial charge in [0.2, 0.25) is 17.7 Å². The molecule has 6 heterocycles. The van der Waals surface area contributed by atoms with Gasteiger partial charge in [0.15, 0.2) is 0 Å². The number of carbonyl (C=O) groups excluding carboxylic acids is 4. The molecule has 71 heavy (non-hydrogen) atoms. The maximum atomic E-state index is 16.3. The highest BCUT2D eigenvalue weighted by molar-refractivity contribution is 5.86. The molecule has 0 bridgehead atoms. The number of carbonyl (C=O) groups is 4. The lowest BCUT2D eigenvalue weighted by Gasteiger charge is -2.34. The van der Waals surface area contributed by atoms with Gasteiger partial charge in [0.05, 0.1) is 58.0 Å². The molecule has 1 unspecified atom stereocenters.